The van der Waals surface area contributed by atoms with Crippen LogP contribution in [0, 0.1) is 11.8 Å². The van der Waals surface area contributed by atoms with Gasteiger partial charge in [0.25, 0.3) is 0 Å². The van der Waals surface area contributed by atoms with E-state index in [2.05, 4.69) is 61.8 Å². The highest BCUT2D eigenvalue weighted by Gasteiger charge is 2.54. The topological polar surface area (TPSA) is 486 Å². The number of fused-ring (bicyclic) bond motifs is 4. The number of carbonyl (C=O) groups is 8. The summed E-state index contributed by atoms with van der Waals surface area (Å²) in [5.41, 5.74) is 11.8. The van der Waals surface area contributed by atoms with Crippen molar-refractivity contribution in [1.82, 2.24) is 65.2 Å². The Kier molecular flexibility index (Phi) is 23.7. The molecule has 36 nitrogen and oxygen atoms in total. The molecule has 9 rings (SSSR count). The largest absolute Gasteiger partial charge is 0.481 e. The van der Waals surface area contributed by atoms with Crippen molar-refractivity contribution in [1.29, 1.82) is 0 Å². The first-order valence-corrected chi connectivity index (χ1v) is 34.8. The van der Waals surface area contributed by atoms with E-state index < -0.39 is 173 Å². The number of likely N-dealkylation sites (tertiary alicyclic amines) is 1. The number of nitrogens with two attached hydrogens (primary N) is 2. The lowest BCUT2D eigenvalue weighted by Gasteiger charge is -2.29. The Bertz CT molecular complexity index is 3800. The van der Waals surface area contributed by atoms with Crippen LogP contribution in [-0.4, -0.2) is 207 Å². The van der Waals surface area contributed by atoms with Gasteiger partial charge in [0, 0.05) is 38.0 Å². The number of rotatable bonds is 23. The number of aromatic nitrogens is 8. The van der Waals surface area contributed by atoms with E-state index >= 15 is 8.78 Å². The van der Waals surface area contributed by atoms with Crippen molar-refractivity contribution in [3.05, 3.63) is 55.1 Å². The minimum absolute atomic E-state index is 0.00280. The molecule has 4 saturated heterocycles. The summed E-state index contributed by atoms with van der Waals surface area (Å²) in [6, 6.07) is 1.86. The molecule has 8 amide bonds. The lowest BCUT2D eigenvalue weighted by atomic mass is 10.0. The molecule has 4 fully saturated rings. The maximum absolute atomic E-state index is 16.8. The van der Waals surface area contributed by atoms with Gasteiger partial charge < -0.3 is 80.9 Å². The summed E-state index contributed by atoms with van der Waals surface area (Å²) in [5, 5.41) is 24.3. The van der Waals surface area contributed by atoms with Crippen LogP contribution in [0.15, 0.2) is 49.6 Å². The van der Waals surface area contributed by atoms with Crippen LogP contribution in [0.3, 0.4) is 0 Å². The van der Waals surface area contributed by atoms with Crippen LogP contribution >= 0.6 is 13.4 Å². The normalized spacial score (nSPS) is 26.8. The Morgan fingerprint density at radius 2 is 1.36 bits per heavy atom. The zero-order valence-corrected chi connectivity index (χ0v) is 54.5. The summed E-state index contributed by atoms with van der Waals surface area (Å²) in [4.78, 5) is 149. The number of nitrogens with zero attached hydrogens (tertiary/aromatic N) is 9. The molecule has 8 heterocycles. The second kappa shape index (κ2) is 31.5. The maximum atomic E-state index is 16.8. The van der Waals surface area contributed by atoms with Crippen molar-refractivity contribution in [2.45, 2.75) is 133 Å². The number of nitrogen functional groups attached to an aromatic ring is 1. The van der Waals surface area contributed by atoms with E-state index in [9.17, 15) is 52.5 Å². The smallest absolute Gasteiger partial charge is 0.412 e. The molecule has 5 aromatic rings. The molecule has 522 valence electrons. The van der Waals surface area contributed by atoms with Gasteiger partial charge in [0.2, 0.25) is 23.6 Å². The number of carboxylic acids is 1. The minimum atomic E-state index is -4.46. The number of anilines is 3. The lowest BCUT2D eigenvalue weighted by Crippen LogP contribution is -2.54. The molecule has 15 atom stereocenters. The van der Waals surface area contributed by atoms with Crippen LogP contribution in [0.4, 0.5) is 44.9 Å². The van der Waals surface area contributed by atoms with Crippen molar-refractivity contribution < 1.29 is 103 Å². The Labute approximate surface area is 552 Å². The Morgan fingerprint density at radius 1 is 0.760 bits per heavy atom. The number of imidazole rings is 2. The average Bonchev–Trinajstić information content (AvgIpc) is 1.62. The third-order valence-electron chi connectivity index (χ3n) is 15.4. The van der Waals surface area contributed by atoms with Gasteiger partial charge in [0.15, 0.2) is 53.2 Å². The zero-order chi connectivity index (χ0) is 69.3. The fourth-order valence-corrected chi connectivity index (χ4v) is 13.4. The van der Waals surface area contributed by atoms with Crippen molar-refractivity contribution in [3.8, 4) is 0 Å². The number of halogens is 3. The monoisotopic (exact) mass is 1430 g/mol. The highest BCUT2D eigenvalue weighted by atomic mass is 32.5. The summed E-state index contributed by atoms with van der Waals surface area (Å²) in [6.07, 6.45) is -13.7. The first-order valence-electron chi connectivity index (χ1n) is 29.6. The van der Waals surface area contributed by atoms with Gasteiger partial charge in [0.1, 0.15) is 74.1 Å². The molecular formula is C53H68F3N17O19P2S2. The van der Waals surface area contributed by atoms with Crippen LogP contribution < -0.4 is 43.4 Å². The van der Waals surface area contributed by atoms with Crippen molar-refractivity contribution in [3.63, 3.8) is 0 Å². The molecule has 1 aromatic carbocycles. The molecule has 0 bridgehead atoms. The number of aliphatic carboxylic acids is 1. The highest BCUT2D eigenvalue weighted by molar-refractivity contribution is 8.07. The van der Waals surface area contributed by atoms with Crippen LogP contribution in [0.5, 0.6) is 0 Å². The molecular weight excluding hydrogens is 1360 g/mol. The SMILES string of the molecule is CC(CC(=O)NCCC(=O)N[C@H](C(=O)N[C@@H](CCCNC(N)=O)C(=O)Nc1ccc(COC(=O)N2C[C@@H](F)C[C@H]2COC(=O)Nc2ncnc3c2ncn3[C@@H]2O[C@@H]3COP(O)(=S)O[C@H]4[C@@H](F)[C@H](n5cnc6c(N)ncnc65)O[C@@H]4COP(O)(=S)O[C@H]3[C@H]2F)cc1)C(C)C)C(=O)O. The molecule has 4 aliphatic heterocycles. The van der Waals surface area contributed by atoms with Gasteiger partial charge in [-0.1, -0.05) is 32.9 Å². The van der Waals surface area contributed by atoms with E-state index in [1.54, 1.807) is 13.8 Å². The Balaban J connectivity index is 0.761. The number of carbonyl (C=O) groups excluding carboxylic acids is 7. The molecule has 4 aliphatic rings. The molecule has 0 saturated carbocycles. The fourth-order valence-electron chi connectivity index (χ4n) is 10.5. The van der Waals surface area contributed by atoms with E-state index in [0.29, 0.717) is 5.56 Å². The number of ether oxygens (including phenoxy) is 4. The van der Waals surface area contributed by atoms with Gasteiger partial charge in [-0.05, 0) is 60.1 Å². The van der Waals surface area contributed by atoms with E-state index in [1.165, 1.54) is 42.1 Å². The van der Waals surface area contributed by atoms with Gasteiger partial charge >= 0.3 is 37.6 Å². The maximum Gasteiger partial charge on any atom is 0.412 e. The second-order valence-electron chi connectivity index (χ2n) is 22.7. The second-order valence-corrected chi connectivity index (χ2v) is 28.3. The Morgan fingerprint density at radius 3 is 1.97 bits per heavy atom. The summed E-state index contributed by atoms with van der Waals surface area (Å²) in [6.45, 7) is -7.04. The van der Waals surface area contributed by atoms with Gasteiger partial charge in [-0.2, -0.15) is 0 Å². The molecule has 0 aliphatic carbocycles. The Hall–Kier alpha value is -7.95. The number of benzene rings is 1. The molecule has 3 unspecified atom stereocenters. The van der Waals surface area contributed by atoms with E-state index in [0.717, 1.165) is 28.4 Å². The third kappa shape index (κ3) is 18.2. The van der Waals surface area contributed by atoms with Crippen LogP contribution in [0.1, 0.15) is 70.9 Å². The zero-order valence-electron chi connectivity index (χ0n) is 51.1. The number of urea groups is 1. The van der Waals surface area contributed by atoms with Crippen molar-refractivity contribution >= 4 is 125 Å². The standard InChI is InChI=1S/C53H68F3N17O19P2S2/c1-24(2)37(69-33(74)10-12-59-34(75)13-25(3)50(78)79)47(77)68-30(5-4-11-60-51(58)80)46(76)67-28-8-6-26(7-9-28)16-86-53(82)71-15-27(54)14-29(71)17-85-52(81)70-43-39-45(64-21-62-43)73(23-66-39)49-36(56)41-32(90-49)19-88-93(83,95)91-40-31(18-87-94(84,96)92-41)89-48(35(40)55)72-22-65-38-42(57)61-20-63-44(38)72/h6-9,20-25,27,29-32,35-37,40-41,48-49H,4-5,10-19H2,1-3H3,(H,59,75)(H,67,76)(H,68,77)(H,69,74)(H,78,79)(H,83,95)(H,84,96)(H2,57,61,63)(H3,58,60,80)(H,62,64,70,81)/t25?,27-,29-,30-,31+,32+,35+,36+,37-,40+,41+,48+,49+,93?,94?/m0/s1. The molecule has 96 heavy (non-hydrogen) atoms. The summed E-state index contributed by atoms with van der Waals surface area (Å²) in [5.74, 6) is -5.38. The first-order chi connectivity index (χ1) is 45.5. The van der Waals surface area contributed by atoms with E-state index in [4.69, 9.17) is 77.2 Å². The van der Waals surface area contributed by atoms with Crippen LogP contribution in [0.2, 0.25) is 0 Å². The molecule has 4 aromatic heterocycles. The summed E-state index contributed by atoms with van der Waals surface area (Å²) >= 11 is 10.5. The summed E-state index contributed by atoms with van der Waals surface area (Å²) < 4.78 is 95.6. The molecule has 13 N–H and O–H groups in total. The quantitative estimate of drug-likeness (QED) is 0.0328. The number of alkyl halides is 3. The lowest BCUT2D eigenvalue weighted by molar-refractivity contribution is -0.143. The number of carboxylic acid groups (broad SMARTS) is 1. The van der Waals surface area contributed by atoms with E-state index in [1.807, 2.05) is 0 Å². The van der Waals surface area contributed by atoms with Gasteiger partial charge in [-0.3, -0.25) is 52.4 Å². The number of nitrogens with one attached hydrogen (secondary N) is 6. The third-order valence-corrected chi connectivity index (χ3v) is 18.5. The van der Waals surface area contributed by atoms with Gasteiger partial charge in [-0.25, -0.2) is 57.5 Å². The van der Waals surface area contributed by atoms with Gasteiger partial charge in [0.05, 0.1) is 44.4 Å². The number of hydrogen-bond acceptors (Lipinski definition) is 25. The molecule has 43 heteroatoms. The van der Waals surface area contributed by atoms with Crippen LogP contribution in [-0.2, 0) is 91.2 Å². The summed E-state index contributed by atoms with van der Waals surface area (Å²) in [7, 11) is 0. The molecule has 0 spiro atoms. The molecule has 0 radical (unpaired) electrons. The van der Waals surface area contributed by atoms with Gasteiger partial charge in [-0.15, -0.1) is 0 Å². The minimum Gasteiger partial charge on any atom is -0.481 e. The fraction of sp³-hybridized carbons (Fsp3) is 0.547. The predicted molar refractivity (Wildman–Crippen MR) is 332 cm³/mol. The first kappa shape index (κ1) is 72.3. The predicted octanol–water partition coefficient (Wildman–Crippen LogP) is 1.90. The van der Waals surface area contributed by atoms with E-state index in [-0.39, 0.29) is 91.5 Å². The number of hydrogen-bond donors (Lipinski definition) is 11. The number of primary amides is 1. The highest BCUT2D eigenvalue weighted by Crippen LogP contribution is 2.55. The van der Waals surface area contributed by atoms with Crippen molar-refractivity contribution in [2.75, 3.05) is 55.8 Å². The van der Waals surface area contributed by atoms with Crippen LogP contribution in [0.25, 0.3) is 22.3 Å². The average molecular weight is 1430 g/mol. The number of amides is 8. The van der Waals surface area contributed by atoms with Crippen molar-refractivity contribution in [2.24, 2.45) is 17.6 Å².